The lowest BCUT2D eigenvalue weighted by molar-refractivity contribution is -0.130. The molecule has 4 aromatic carbocycles. The van der Waals surface area contributed by atoms with Gasteiger partial charge in [0.1, 0.15) is 5.75 Å². The number of nitrogens with one attached hydrogen (secondary N) is 2. The summed E-state index contributed by atoms with van der Waals surface area (Å²) < 4.78 is 17.5. The maximum absolute atomic E-state index is 14.2. The Morgan fingerprint density at radius 2 is 1.50 bits per heavy atom. The van der Waals surface area contributed by atoms with Gasteiger partial charge in [0.2, 0.25) is 5.90 Å². The lowest BCUT2D eigenvalue weighted by Crippen LogP contribution is -2.54. The zero-order valence-electron chi connectivity index (χ0n) is 24.9. The number of hydrazine groups is 1. The van der Waals surface area contributed by atoms with Crippen LogP contribution in [0.5, 0.6) is 5.75 Å². The highest BCUT2D eigenvalue weighted by atomic mass is 16.5. The van der Waals surface area contributed by atoms with Crippen molar-refractivity contribution in [3.05, 3.63) is 126 Å². The van der Waals surface area contributed by atoms with Gasteiger partial charge in [-0.25, -0.2) is 10.4 Å². The Morgan fingerprint density at radius 3 is 2.18 bits per heavy atom. The van der Waals surface area contributed by atoms with Crippen LogP contribution in [0.3, 0.4) is 0 Å². The van der Waals surface area contributed by atoms with Crippen molar-refractivity contribution in [2.75, 3.05) is 33.5 Å². The van der Waals surface area contributed by atoms with E-state index < -0.39 is 11.6 Å². The predicted octanol–water partition coefficient (Wildman–Crippen LogP) is 5.27. The molecule has 8 nitrogen and oxygen atoms in total. The summed E-state index contributed by atoms with van der Waals surface area (Å²) in [6, 6.07) is 35.6. The second-order valence-electron chi connectivity index (χ2n) is 10.7. The number of ether oxygens (including phenoxy) is 3. The van der Waals surface area contributed by atoms with E-state index in [4.69, 9.17) is 24.3 Å². The van der Waals surface area contributed by atoms with E-state index in [0.717, 1.165) is 34.2 Å². The summed E-state index contributed by atoms with van der Waals surface area (Å²) in [7, 11) is 1.65. The number of aliphatic hydroxyl groups is 1. The Balaban J connectivity index is 1.51. The molecule has 0 saturated carbocycles. The van der Waals surface area contributed by atoms with Gasteiger partial charge in [0.15, 0.2) is 11.6 Å². The van der Waals surface area contributed by atoms with Crippen molar-refractivity contribution in [2.45, 2.75) is 30.9 Å². The SMILES string of the molecule is COCCCNNC(=O)[C@@]1(Cc2ccccc2)N=C(c2ccc(OCCCO)cc2)O[C@H]1c1ccc(-c2ccccc2)cc1. The molecule has 0 saturated heterocycles. The number of hydrogen-bond acceptors (Lipinski definition) is 7. The lowest BCUT2D eigenvalue weighted by Gasteiger charge is -2.31. The number of rotatable bonds is 15. The maximum Gasteiger partial charge on any atom is 0.266 e. The number of amides is 1. The van der Waals surface area contributed by atoms with Crippen LogP contribution in [0.4, 0.5) is 0 Å². The molecule has 0 aliphatic carbocycles. The molecule has 1 aliphatic rings. The first kappa shape index (κ1) is 30.9. The number of hydrogen-bond donors (Lipinski definition) is 3. The molecular weight excluding hydrogens is 554 g/mol. The van der Waals surface area contributed by atoms with Crippen molar-refractivity contribution in [1.29, 1.82) is 0 Å². The Morgan fingerprint density at radius 1 is 0.841 bits per heavy atom. The first-order valence-corrected chi connectivity index (χ1v) is 14.9. The van der Waals surface area contributed by atoms with Gasteiger partial charge in [0.25, 0.3) is 5.91 Å². The van der Waals surface area contributed by atoms with Gasteiger partial charge in [-0.3, -0.25) is 10.2 Å². The molecule has 0 unspecified atom stereocenters. The number of aliphatic imine (C=N–C) groups is 1. The molecule has 3 N–H and O–H groups in total. The maximum atomic E-state index is 14.2. The molecular formula is C36H39N3O5. The molecule has 1 aliphatic heterocycles. The zero-order valence-corrected chi connectivity index (χ0v) is 24.9. The fourth-order valence-electron chi connectivity index (χ4n) is 5.23. The molecule has 1 heterocycles. The van der Waals surface area contributed by atoms with Crippen molar-refractivity contribution in [3.8, 4) is 16.9 Å². The largest absolute Gasteiger partial charge is 0.494 e. The van der Waals surface area contributed by atoms with Gasteiger partial charge in [-0.1, -0.05) is 84.9 Å². The van der Waals surface area contributed by atoms with Crippen molar-refractivity contribution in [1.82, 2.24) is 10.9 Å². The third-order valence-corrected chi connectivity index (χ3v) is 7.52. The smallest absolute Gasteiger partial charge is 0.266 e. The van der Waals surface area contributed by atoms with E-state index >= 15 is 0 Å². The topological polar surface area (TPSA) is 101 Å². The highest BCUT2D eigenvalue weighted by molar-refractivity contribution is 6.01. The standard InChI is InChI=1S/C36H39N3O5/c1-42-24-8-22-37-39-35(41)36(26-27-10-4-2-5-11-27)33(30-16-14-29(15-17-30)28-12-6-3-7-13-28)44-34(38-36)31-18-20-32(21-19-31)43-25-9-23-40/h2-7,10-21,33,37,40H,8-9,22-26H2,1H3,(H,39,41)/t33-,36-/m0/s1. The average molecular weight is 594 g/mol. The van der Waals surface area contributed by atoms with Crippen LogP contribution in [0, 0.1) is 0 Å². The van der Waals surface area contributed by atoms with Gasteiger partial charge in [0, 0.05) is 45.3 Å². The number of nitrogens with zero attached hydrogens (tertiary/aromatic N) is 1. The van der Waals surface area contributed by atoms with E-state index in [-0.39, 0.29) is 12.5 Å². The minimum atomic E-state index is -1.30. The third kappa shape index (κ3) is 7.52. The molecule has 0 fully saturated rings. The van der Waals surface area contributed by atoms with Crippen LogP contribution in [0.2, 0.25) is 0 Å². The number of carbonyl (C=O) groups excluding carboxylic acids is 1. The van der Waals surface area contributed by atoms with Gasteiger partial charge >= 0.3 is 0 Å². The first-order chi connectivity index (χ1) is 21.6. The molecule has 4 aromatic rings. The normalized spacial score (nSPS) is 17.5. The summed E-state index contributed by atoms with van der Waals surface area (Å²) in [6.45, 7) is 1.63. The minimum absolute atomic E-state index is 0.0727. The summed E-state index contributed by atoms with van der Waals surface area (Å²) in [4.78, 5) is 19.3. The molecule has 5 rings (SSSR count). The zero-order chi connectivity index (χ0) is 30.6. The number of methoxy groups -OCH3 is 1. The summed E-state index contributed by atoms with van der Waals surface area (Å²) in [5, 5.41) is 9.06. The van der Waals surface area contributed by atoms with Crippen molar-refractivity contribution >= 4 is 11.8 Å². The van der Waals surface area contributed by atoms with Crippen LogP contribution >= 0.6 is 0 Å². The van der Waals surface area contributed by atoms with Gasteiger partial charge in [-0.05, 0) is 52.9 Å². The van der Waals surface area contributed by atoms with Crippen LogP contribution in [0.1, 0.15) is 35.6 Å². The highest BCUT2D eigenvalue weighted by Crippen LogP contribution is 2.43. The summed E-state index contributed by atoms with van der Waals surface area (Å²) in [5.74, 6) is 0.784. The van der Waals surface area contributed by atoms with Crippen LogP contribution in [0.15, 0.2) is 114 Å². The minimum Gasteiger partial charge on any atom is -0.494 e. The van der Waals surface area contributed by atoms with Crippen LogP contribution in [-0.4, -0.2) is 55.9 Å². The van der Waals surface area contributed by atoms with Gasteiger partial charge in [-0.15, -0.1) is 0 Å². The van der Waals surface area contributed by atoms with Gasteiger partial charge in [-0.2, -0.15) is 0 Å². The van der Waals surface area contributed by atoms with Gasteiger partial charge in [0.05, 0.1) is 6.61 Å². The lowest BCUT2D eigenvalue weighted by atomic mass is 9.82. The van der Waals surface area contributed by atoms with E-state index in [1.54, 1.807) is 7.11 Å². The second kappa shape index (κ2) is 15.3. The average Bonchev–Trinajstić information content (AvgIpc) is 3.46. The van der Waals surface area contributed by atoms with Crippen molar-refractivity contribution in [3.63, 3.8) is 0 Å². The third-order valence-electron chi connectivity index (χ3n) is 7.52. The van der Waals surface area contributed by atoms with E-state index in [1.165, 1.54) is 0 Å². The molecule has 0 radical (unpaired) electrons. The second-order valence-corrected chi connectivity index (χ2v) is 10.7. The van der Waals surface area contributed by atoms with Crippen LogP contribution in [0.25, 0.3) is 11.1 Å². The molecule has 0 aromatic heterocycles. The van der Waals surface area contributed by atoms with E-state index in [1.807, 2.05) is 84.9 Å². The fourth-order valence-corrected chi connectivity index (χ4v) is 5.23. The molecule has 228 valence electrons. The Labute approximate surface area is 258 Å². The molecule has 0 bridgehead atoms. The molecule has 44 heavy (non-hydrogen) atoms. The monoisotopic (exact) mass is 593 g/mol. The number of carbonyl (C=O) groups is 1. The van der Waals surface area contributed by atoms with Gasteiger partial charge < -0.3 is 19.3 Å². The van der Waals surface area contributed by atoms with E-state index in [9.17, 15) is 4.79 Å². The first-order valence-electron chi connectivity index (χ1n) is 14.9. The molecule has 1 amide bonds. The number of benzene rings is 4. The Bertz CT molecular complexity index is 1490. The number of aliphatic hydroxyl groups excluding tert-OH is 1. The summed E-state index contributed by atoms with van der Waals surface area (Å²) in [5.41, 5.74) is 9.41. The van der Waals surface area contributed by atoms with Crippen LogP contribution < -0.4 is 15.6 Å². The Hall–Kier alpha value is -4.50. The fraction of sp³-hybridized carbons (Fsp3) is 0.278. The summed E-state index contributed by atoms with van der Waals surface area (Å²) in [6.07, 6.45) is 0.934. The van der Waals surface area contributed by atoms with Crippen molar-refractivity contribution < 1.29 is 24.1 Å². The highest BCUT2D eigenvalue weighted by Gasteiger charge is 2.53. The van der Waals surface area contributed by atoms with Crippen LogP contribution in [-0.2, 0) is 20.7 Å². The predicted molar refractivity (Wildman–Crippen MR) is 171 cm³/mol. The van der Waals surface area contributed by atoms with Crippen molar-refractivity contribution in [2.24, 2.45) is 4.99 Å². The Kier molecular flexibility index (Phi) is 10.8. The summed E-state index contributed by atoms with van der Waals surface area (Å²) >= 11 is 0. The molecule has 2 atom stereocenters. The van der Waals surface area contributed by atoms with E-state index in [0.29, 0.717) is 44.2 Å². The quantitative estimate of drug-likeness (QED) is 0.128. The van der Waals surface area contributed by atoms with E-state index in [2.05, 4.69) is 35.1 Å². The molecule has 0 spiro atoms. The molecule has 8 heteroatoms.